The van der Waals surface area contributed by atoms with E-state index in [-0.39, 0.29) is 23.7 Å². The van der Waals surface area contributed by atoms with E-state index in [1.165, 1.54) is 18.4 Å². The van der Waals surface area contributed by atoms with E-state index in [2.05, 4.69) is 15.3 Å². The number of thiazole rings is 2. The van der Waals surface area contributed by atoms with Gasteiger partial charge in [-0.1, -0.05) is 32.1 Å². The summed E-state index contributed by atoms with van der Waals surface area (Å²) in [5, 5.41) is 5.54. The molecule has 2 rings (SSSR count). The Labute approximate surface area is 160 Å². The van der Waals surface area contributed by atoms with Crippen LogP contribution in [0.2, 0.25) is 0 Å². The van der Waals surface area contributed by atoms with Gasteiger partial charge in [0.05, 0.1) is 17.8 Å². The maximum atomic E-state index is 12.3. The Balaban J connectivity index is 0.00000312. The fourth-order valence-electron chi connectivity index (χ4n) is 1.93. The van der Waals surface area contributed by atoms with Crippen LogP contribution >= 0.6 is 35.1 Å². The predicted octanol–water partition coefficient (Wildman–Crippen LogP) is 2.86. The molecule has 3 N–H and O–H groups in total. The first-order valence-corrected chi connectivity index (χ1v) is 9.01. The number of anilines is 1. The molecule has 1 amide bonds. The van der Waals surface area contributed by atoms with Crippen LogP contribution in [0.3, 0.4) is 0 Å². The smallest absolute Gasteiger partial charge is 0.350 e. The summed E-state index contributed by atoms with van der Waals surface area (Å²) < 4.78 is 4.80. The van der Waals surface area contributed by atoms with Gasteiger partial charge in [0.15, 0.2) is 5.13 Å². The molecule has 0 fully saturated rings. The molecule has 2 aromatic rings. The zero-order chi connectivity index (χ0) is 17.9. The van der Waals surface area contributed by atoms with Crippen molar-refractivity contribution in [3.8, 4) is 0 Å². The fraction of sp³-hybridized carbons (Fsp3) is 0.467. The van der Waals surface area contributed by atoms with Gasteiger partial charge in [-0.05, 0) is 6.54 Å². The van der Waals surface area contributed by atoms with Crippen LogP contribution in [0.4, 0.5) is 5.13 Å². The molecule has 0 saturated heterocycles. The van der Waals surface area contributed by atoms with Crippen molar-refractivity contribution in [1.29, 1.82) is 0 Å². The second-order valence-electron chi connectivity index (χ2n) is 6.06. The molecular weight excluding hydrogens is 384 g/mol. The van der Waals surface area contributed by atoms with Gasteiger partial charge < -0.3 is 10.5 Å². The Morgan fingerprint density at radius 3 is 2.56 bits per heavy atom. The van der Waals surface area contributed by atoms with Crippen LogP contribution in [0.1, 0.15) is 51.6 Å². The van der Waals surface area contributed by atoms with E-state index in [4.69, 9.17) is 10.5 Å². The number of methoxy groups -OCH3 is 1. The van der Waals surface area contributed by atoms with Gasteiger partial charge >= 0.3 is 5.97 Å². The SMILES string of the molecule is COC(=O)c1sc(NC(=O)c2csc(CCN)n2)nc1C(C)(C)C.Cl. The summed E-state index contributed by atoms with van der Waals surface area (Å²) in [6.07, 6.45) is 0.635. The van der Waals surface area contributed by atoms with Gasteiger partial charge in [-0.3, -0.25) is 10.1 Å². The highest BCUT2D eigenvalue weighted by molar-refractivity contribution is 7.17. The second-order valence-corrected chi connectivity index (χ2v) is 8.00. The molecule has 2 aromatic heterocycles. The Morgan fingerprint density at radius 2 is 2.00 bits per heavy atom. The summed E-state index contributed by atoms with van der Waals surface area (Å²) in [5.74, 6) is -0.822. The van der Waals surface area contributed by atoms with Gasteiger partial charge in [0.2, 0.25) is 0 Å². The number of rotatable bonds is 5. The molecule has 25 heavy (non-hydrogen) atoms. The van der Waals surface area contributed by atoms with Crippen LogP contribution in [0.25, 0.3) is 0 Å². The van der Waals surface area contributed by atoms with E-state index in [0.29, 0.717) is 34.4 Å². The summed E-state index contributed by atoms with van der Waals surface area (Å²) in [6.45, 7) is 6.32. The average molecular weight is 405 g/mol. The van der Waals surface area contributed by atoms with E-state index in [9.17, 15) is 9.59 Å². The molecule has 7 nitrogen and oxygen atoms in total. The van der Waals surface area contributed by atoms with Gasteiger partial charge in [-0.15, -0.1) is 23.7 Å². The highest BCUT2D eigenvalue weighted by Gasteiger charge is 2.28. The summed E-state index contributed by atoms with van der Waals surface area (Å²) in [4.78, 5) is 33.3. The normalized spacial score (nSPS) is 10.9. The van der Waals surface area contributed by atoms with Crippen LogP contribution in [0.15, 0.2) is 5.38 Å². The lowest BCUT2D eigenvalue weighted by molar-refractivity contribution is 0.0603. The molecule has 0 radical (unpaired) electrons. The Bertz CT molecular complexity index is 752. The van der Waals surface area contributed by atoms with E-state index in [1.54, 1.807) is 5.38 Å². The molecule has 0 aliphatic rings. The van der Waals surface area contributed by atoms with Crippen LogP contribution in [-0.4, -0.2) is 35.5 Å². The highest BCUT2D eigenvalue weighted by Crippen LogP contribution is 2.32. The number of carbonyl (C=O) groups is 2. The zero-order valence-corrected chi connectivity index (χ0v) is 16.9. The third-order valence-electron chi connectivity index (χ3n) is 3.07. The zero-order valence-electron chi connectivity index (χ0n) is 14.4. The number of halogens is 1. The second kappa shape index (κ2) is 8.70. The van der Waals surface area contributed by atoms with Crippen molar-refractivity contribution in [3.05, 3.63) is 26.7 Å². The maximum absolute atomic E-state index is 12.3. The molecule has 0 saturated carbocycles. The Hall–Kier alpha value is -1.55. The molecule has 0 bridgehead atoms. The number of ether oxygens (including phenoxy) is 1. The van der Waals surface area contributed by atoms with Gasteiger partial charge in [0.25, 0.3) is 5.91 Å². The molecule has 10 heteroatoms. The summed E-state index contributed by atoms with van der Waals surface area (Å²) in [5.41, 5.74) is 6.05. The molecule has 138 valence electrons. The van der Waals surface area contributed by atoms with Crippen molar-refractivity contribution in [2.45, 2.75) is 32.6 Å². The minimum Gasteiger partial charge on any atom is -0.465 e. The minimum absolute atomic E-state index is 0. The van der Waals surface area contributed by atoms with Gasteiger partial charge in [0.1, 0.15) is 10.6 Å². The van der Waals surface area contributed by atoms with Crippen LogP contribution in [-0.2, 0) is 16.6 Å². The molecule has 0 aliphatic carbocycles. The number of hydrogen-bond donors (Lipinski definition) is 2. The van der Waals surface area contributed by atoms with Crippen molar-refractivity contribution >= 4 is 52.1 Å². The van der Waals surface area contributed by atoms with Crippen molar-refractivity contribution in [1.82, 2.24) is 9.97 Å². The lowest BCUT2D eigenvalue weighted by Gasteiger charge is -2.16. The number of amides is 1. The van der Waals surface area contributed by atoms with Crippen LogP contribution < -0.4 is 11.1 Å². The van der Waals surface area contributed by atoms with E-state index in [0.717, 1.165) is 16.3 Å². The van der Waals surface area contributed by atoms with E-state index >= 15 is 0 Å². The number of hydrogen-bond acceptors (Lipinski definition) is 8. The summed E-state index contributed by atoms with van der Waals surface area (Å²) in [6, 6.07) is 0. The standard InChI is InChI=1S/C15H20N4O3S2.ClH/c1-15(2,3)11-10(13(21)22-4)24-14(18-11)19-12(20)8-7-23-9(17-8)5-6-16;/h7H,5-6,16H2,1-4H3,(H,18,19,20);1H. The number of nitrogens with one attached hydrogen (secondary N) is 1. The summed E-state index contributed by atoms with van der Waals surface area (Å²) >= 11 is 2.49. The monoisotopic (exact) mass is 404 g/mol. The lowest BCUT2D eigenvalue weighted by atomic mass is 9.91. The lowest BCUT2D eigenvalue weighted by Crippen LogP contribution is -2.17. The van der Waals surface area contributed by atoms with Crippen molar-refractivity contribution in [3.63, 3.8) is 0 Å². The van der Waals surface area contributed by atoms with Crippen LogP contribution in [0.5, 0.6) is 0 Å². The van der Waals surface area contributed by atoms with E-state index < -0.39 is 5.97 Å². The Morgan fingerprint density at radius 1 is 1.32 bits per heavy atom. The molecule has 0 aromatic carbocycles. The topological polar surface area (TPSA) is 107 Å². The third-order valence-corrected chi connectivity index (χ3v) is 4.93. The maximum Gasteiger partial charge on any atom is 0.350 e. The minimum atomic E-state index is -0.461. The van der Waals surface area contributed by atoms with Crippen molar-refractivity contribution in [2.75, 3.05) is 19.0 Å². The van der Waals surface area contributed by atoms with Crippen molar-refractivity contribution < 1.29 is 14.3 Å². The van der Waals surface area contributed by atoms with Gasteiger partial charge in [-0.25, -0.2) is 14.8 Å². The molecule has 0 spiro atoms. The molecule has 2 heterocycles. The molecular formula is C15H21ClN4O3S2. The van der Waals surface area contributed by atoms with Crippen LogP contribution in [0, 0.1) is 0 Å². The number of aromatic nitrogens is 2. The fourth-order valence-corrected chi connectivity index (χ4v) is 3.81. The average Bonchev–Trinajstić information content (AvgIpc) is 3.13. The number of nitrogens with two attached hydrogens (primary N) is 1. The number of nitrogens with zero attached hydrogens (tertiary/aromatic N) is 2. The molecule has 0 unspecified atom stereocenters. The first-order valence-electron chi connectivity index (χ1n) is 7.31. The first-order chi connectivity index (χ1) is 11.3. The number of esters is 1. The van der Waals surface area contributed by atoms with E-state index in [1.807, 2.05) is 20.8 Å². The van der Waals surface area contributed by atoms with Gasteiger partial charge in [-0.2, -0.15) is 0 Å². The van der Waals surface area contributed by atoms with Gasteiger partial charge in [0, 0.05) is 17.2 Å². The van der Waals surface area contributed by atoms with Crippen molar-refractivity contribution in [2.24, 2.45) is 5.73 Å². The summed E-state index contributed by atoms with van der Waals surface area (Å²) in [7, 11) is 1.32. The Kier molecular flexibility index (Phi) is 7.48. The highest BCUT2D eigenvalue weighted by atomic mass is 35.5. The quantitative estimate of drug-likeness (QED) is 0.742. The third kappa shape index (κ3) is 5.21. The predicted molar refractivity (Wildman–Crippen MR) is 102 cm³/mol. The number of carbonyl (C=O) groups excluding carboxylic acids is 2. The molecule has 0 atom stereocenters. The molecule has 0 aliphatic heterocycles. The first kappa shape index (κ1) is 21.5. The largest absolute Gasteiger partial charge is 0.465 e.